The van der Waals surface area contributed by atoms with Crippen LogP contribution in [0.1, 0.15) is 5.56 Å². The maximum atomic E-state index is 12.1. The highest BCUT2D eigenvalue weighted by Crippen LogP contribution is 2.24. The number of rotatable bonds is 5. The molecule has 0 radical (unpaired) electrons. The Labute approximate surface area is 143 Å². The minimum atomic E-state index is -0.0973. The lowest BCUT2D eigenvalue weighted by atomic mass is 10.2. The van der Waals surface area contributed by atoms with Crippen molar-refractivity contribution in [2.45, 2.75) is 12.1 Å². The first-order valence-corrected chi connectivity index (χ1v) is 8.37. The third-order valence-electron chi connectivity index (χ3n) is 3.43. The molecular weight excluding hydrogens is 322 g/mol. The number of aromatic amines is 1. The van der Waals surface area contributed by atoms with Crippen molar-refractivity contribution in [1.29, 1.82) is 0 Å². The van der Waals surface area contributed by atoms with Crippen molar-refractivity contribution in [2.75, 3.05) is 16.8 Å². The van der Waals surface area contributed by atoms with Crippen LogP contribution in [0.5, 0.6) is 0 Å². The number of carbonyl (C=O) groups excluding carboxylic acids is 1. The molecule has 0 atom stereocenters. The van der Waals surface area contributed by atoms with Crippen LogP contribution in [0.3, 0.4) is 0 Å². The molecule has 24 heavy (non-hydrogen) atoms. The summed E-state index contributed by atoms with van der Waals surface area (Å²) < 4.78 is 0. The van der Waals surface area contributed by atoms with Crippen molar-refractivity contribution in [1.82, 2.24) is 15.2 Å². The first kappa shape index (κ1) is 16.1. The molecule has 1 aromatic heterocycles. The van der Waals surface area contributed by atoms with Crippen molar-refractivity contribution in [3.8, 4) is 11.4 Å². The Morgan fingerprint density at radius 2 is 1.96 bits per heavy atom. The SMILES string of the molecule is Cc1ccccc1NC(=O)CSc1n[nH]c(-c2ccccc2N)n1. The Morgan fingerprint density at radius 1 is 1.21 bits per heavy atom. The zero-order valence-electron chi connectivity index (χ0n) is 13.1. The van der Waals surface area contributed by atoms with Crippen LogP contribution in [0.2, 0.25) is 0 Å². The fourth-order valence-electron chi connectivity index (χ4n) is 2.17. The van der Waals surface area contributed by atoms with Gasteiger partial charge in [0, 0.05) is 16.9 Å². The average molecular weight is 339 g/mol. The van der Waals surface area contributed by atoms with Crippen LogP contribution in [0.4, 0.5) is 11.4 Å². The highest BCUT2D eigenvalue weighted by atomic mass is 32.2. The summed E-state index contributed by atoms with van der Waals surface area (Å²) in [5.41, 5.74) is 9.18. The minimum Gasteiger partial charge on any atom is -0.398 e. The van der Waals surface area contributed by atoms with Gasteiger partial charge in [-0.15, -0.1) is 5.10 Å². The summed E-state index contributed by atoms with van der Waals surface area (Å²) in [5, 5.41) is 10.4. The summed E-state index contributed by atoms with van der Waals surface area (Å²) in [4.78, 5) is 16.4. The molecule has 0 saturated carbocycles. The van der Waals surface area contributed by atoms with E-state index in [-0.39, 0.29) is 11.7 Å². The highest BCUT2D eigenvalue weighted by Gasteiger charge is 2.11. The van der Waals surface area contributed by atoms with E-state index in [1.807, 2.05) is 49.4 Å². The van der Waals surface area contributed by atoms with Gasteiger partial charge in [0.05, 0.1) is 5.75 Å². The van der Waals surface area contributed by atoms with Crippen LogP contribution in [-0.4, -0.2) is 26.8 Å². The molecule has 122 valence electrons. The molecule has 2 aromatic carbocycles. The lowest BCUT2D eigenvalue weighted by molar-refractivity contribution is -0.113. The molecule has 6 nitrogen and oxygen atoms in total. The zero-order valence-corrected chi connectivity index (χ0v) is 13.9. The van der Waals surface area contributed by atoms with Crippen LogP contribution >= 0.6 is 11.8 Å². The molecular formula is C17H17N5OS. The lowest BCUT2D eigenvalue weighted by Crippen LogP contribution is -2.14. The molecule has 0 saturated heterocycles. The number of anilines is 2. The van der Waals surface area contributed by atoms with E-state index in [9.17, 15) is 4.79 Å². The molecule has 0 unspecified atom stereocenters. The number of nitrogens with two attached hydrogens (primary N) is 1. The zero-order chi connectivity index (χ0) is 16.9. The quantitative estimate of drug-likeness (QED) is 0.490. The predicted octanol–water partition coefficient (Wildman–Crippen LogP) is 3.09. The second-order valence-corrected chi connectivity index (χ2v) is 6.15. The third kappa shape index (κ3) is 3.75. The van der Waals surface area contributed by atoms with Gasteiger partial charge in [0.15, 0.2) is 5.82 Å². The van der Waals surface area contributed by atoms with Gasteiger partial charge in [-0.3, -0.25) is 9.89 Å². The Morgan fingerprint density at radius 3 is 2.75 bits per heavy atom. The van der Waals surface area contributed by atoms with Crippen molar-refractivity contribution >= 4 is 29.0 Å². The second-order valence-electron chi connectivity index (χ2n) is 5.21. The largest absolute Gasteiger partial charge is 0.398 e. The Hall–Kier alpha value is -2.80. The van der Waals surface area contributed by atoms with E-state index in [1.54, 1.807) is 6.07 Å². The molecule has 1 heterocycles. The predicted molar refractivity (Wildman–Crippen MR) is 96.8 cm³/mol. The van der Waals surface area contributed by atoms with Gasteiger partial charge in [-0.1, -0.05) is 42.1 Å². The number of para-hydroxylation sites is 2. The molecule has 0 aliphatic carbocycles. The van der Waals surface area contributed by atoms with Crippen molar-refractivity contribution in [3.05, 3.63) is 54.1 Å². The highest BCUT2D eigenvalue weighted by molar-refractivity contribution is 7.99. The molecule has 0 fully saturated rings. The average Bonchev–Trinajstić information content (AvgIpc) is 3.04. The fraction of sp³-hybridized carbons (Fsp3) is 0.118. The molecule has 0 aliphatic heterocycles. The summed E-state index contributed by atoms with van der Waals surface area (Å²) in [6, 6.07) is 15.1. The van der Waals surface area contributed by atoms with Gasteiger partial charge in [-0.2, -0.15) is 0 Å². The molecule has 4 N–H and O–H groups in total. The smallest absolute Gasteiger partial charge is 0.234 e. The van der Waals surface area contributed by atoms with Crippen LogP contribution in [-0.2, 0) is 4.79 Å². The summed E-state index contributed by atoms with van der Waals surface area (Å²) in [5.74, 6) is 0.727. The van der Waals surface area contributed by atoms with Gasteiger partial charge in [0.1, 0.15) is 0 Å². The lowest BCUT2D eigenvalue weighted by Gasteiger charge is -2.06. The van der Waals surface area contributed by atoms with E-state index in [2.05, 4.69) is 20.5 Å². The van der Waals surface area contributed by atoms with Gasteiger partial charge < -0.3 is 11.1 Å². The van der Waals surface area contributed by atoms with Gasteiger partial charge >= 0.3 is 0 Å². The Balaban J connectivity index is 1.61. The van der Waals surface area contributed by atoms with E-state index in [0.717, 1.165) is 16.8 Å². The van der Waals surface area contributed by atoms with Crippen LogP contribution in [0.25, 0.3) is 11.4 Å². The third-order valence-corrected chi connectivity index (χ3v) is 4.28. The van der Waals surface area contributed by atoms with Gasteiger partial charge in [-0.25, -0.2) is 4.98 Å². The van der Waals surface area contributed by atoms with E-state index < -0.39 is 0 Å². The number of nitrogens with zero attached hydrogens (tertiary/aromatic N) is 2. The molecule has 0 spiro atoms. The Kier molecular flexibility index (Phi) is 4.81. The first-order chi connectivity index (χ1) is 11.6. The maximum absolute atomic E-state index is 12.1. The normalized spacial score (nSPS) is 10.5. The number of H-pyrrole nitrogens is 1. The molecule has 0 bridgehead atoms. The number of aryl methyl sites for hydroxylation is 1. The van der Waals surface area contributed by atoms with Crippen LogP contribution in [0, 0.1) is 6.92 Å². The van der Waals surface area contributed by atoms with Crippen molar-refractivity contribution < 1.29 is 4.79 Å². The summed E-state index contributed by atoms with van der Waals surface area (Å²) in [7, 11) is 0. The van der Waals surface area contributed by atoms with Crippen LogP contribution < -0.4 is 11.1 Å². The van der Waals surface area contributed by atoms with E-state index in [0.29, 0.717) is 16.7 Å². The number of aromatic nitrogens is 3. The van der Waals surface area contributed by atoms with Crippen molar-refractivity contribution in [3.63, 3.8) is 0 Å². The number of thioether (sulfide) groups is 1. The molecule has 7 heteroatoms. The number of nitrogens with one attached hydrogen (secondary N) is 2. The molecule has 1 amide bonds. The standard InChI is InChI=1S/C17H17N5OS/c1-11-6-2-5-9-14(11)19-15(23)10-24-17-20-16(21-22-17)12-7-3-4-8-13(12)18/h2-9H,10,18H2,1H3,(H,19,23)(H,20,21,22). The summed E-state index contributed by atoms with van der Waals surface area (Å²) >= 11 is 1.27. The number of benzene rings is 2. The fourth-order valence-corrected chi connectivity index (χ4v) is 2.77. The number of carbonyl (C=O) groups is 1. The van der Waals surface area contributed by atoms with E-state index in [1.165, 1.54) is 11.8 Å². The Bertz CT molecular complexity index is 861. The molecule has 0 aliphatic rings. The first-order valence-electron chi connectivity index (χ1n) is 7.39. The minimum absolute atomic E-state index is 0.0973. The molecule has 3 aromatic rings. The number of hydrogen-bond donors (Lipinski definition) is 3. The number of nitrogen functional groups attached to an aromatic ring is 1. The molecule has 3 rings (SSSR count). The van der Waals surface area contributed by atoms with E-state index >= 15 is 0 Å². The second kappa shape index (κ2) is 7.18. The van der Waals surface area contributed by atoms with E-state index in [4.69, 9.17) is 5.73 Å². The van der Waals surface area contributed by atoms with Gasteiger partial charge in [0.2, 0.25) is 11.1 Å². The maximum Gasteiger partial charge on any atom is 0.234 e. The monoisotopic (exact) mass is 339 g/mol. The van der Waals surface area contributed by atoms with Crippen molar-refractivity contribution in [2.24, 2.45) is 0 Å². The van der Waals surface area contributed by atoms with Crippen LogP contribution in [0.15, 0.2) is 53.7 Å². The summed E-state index contributed by atoms with van der Waals surface area (Å²) in [6.07, 6.45) is 0. The number of hydrogen-bond acceptors (Lipinski definition) is 5. The topological polar surface area (TPSA) is 96.7 Å². The van der Waals surface area contributed by atoms with Gasteiger partial charge in [-0.05, 0) is 30.7 Å². The number of amides is 1. The van der Waals surface area contributed by atoms with Gasteiger partial charge in [0.25, 0.3) is 0 Å². The summed E-state index contributed by atoms with van der Waals surface area (Å²) in [6.45, 7) is 1.95.